The molecule has 0 aliphatic carbocycles. The van der Waals surface area contributed by atoms with Crippen LogP contribution in [0, 0.1) is 11.7 Å². The molecule has 1 saturated heterocycles. The van der Waals surface area contributed by atoms with Crippen molar-refractivity contribution in [1.29, 1.82) is 0 Å². The molecule has 0 radical (unpaired) electrons. The molecule has 1 aromatic rings. The summed E-state index contributed by atoms with van der Waals surface area (Å²) in [7, 11) is 0. The van der Waals surface area contributed by atoms with E-state index in [-0.39, 0.29) is 24.5 Å². The average Bonchev–Trinajstić information content (AvgIpc) is 2.40. The first kappa shape index (κ1) is 18.2. The number of piperidine rings is 1. The summed E-state index contributed by atoms with van der Waals surface area (Å²) in [6.07, 6.45) is -2.72. The molecule has 0 unspecified atom stereocenters. The fraction of sp³-hybridized carbons (Fsp3) is 0.571. The van der Waals surface area contributed by atoms with Gasteiger partial charge in [0.25, 0.3) is 0 Å². The van der Waals surface area contributed by atoms with Gasteiger partial charge < -0.3 is 5.73 Å². The molecule has 1 heterocycles. The van der Waals surface area contributed by atoms with Crippen molar-refractivity contribution in [3.05, 3.63) is 35.1 Å². The summed E-state index contributed by atoms with van der Waals surface area (Å²) in [5.74, 6) is -0.399. The standard InChI is InChI=1S/C14H18F4N2.ClH/c15-12-2-1-11(13(7-12)14(16,17)18)9-20-5-3-10(8-19)4-6-20;/h1-2,7,10H,3-6,8-9,19H2;1H. The number of halogens is 5. The van der Waals surface area contributed by atoms with Gasteiger partial charge in [-0.25, -0.2) is 4.39 Å². The largest absolute Gasteiger partial charge is 0.416 e. The van der Waals surface area contributed by atoms with Crippen LogP contribution in [0.1, 0.15) is 24.0 Å². The summed E-state index contributed by atoms with van der Waals surface area (Å²) in [6.45, 7) is 2.29. The Labute approximate surface area is 127 Å². The van der Waals surface area contributed by atoms with Crippen LogP contribution in [0.2, 0.25) is 0 Å². The van der Waals surface area contributed by atoms with Crippen molar-refractivity contribution in [3.63, 3.8) is 0 Å². The van der Waals surface area contributed by atoms with Gasteiger partial charge >= 0.3 is 6.18 Å². The lowest BCUT2D eigenvalue weighted by molar-refractivity contribution is -0.138. The number of nitrogens with two attached hydrogens (primary N) is 1. The van der Waals surface area contributed by atoms with E-state index < -0.39 is 17.6 Å². The summed E-state index contributed by atoms with van der Waals surface area (Å²) in [5, 5.41) is 0. The number of nitrogens with zero attached hydrogens (tertiary/aromatic N) is 1. The smallest absolute Gasteiger partial charge is 0.330 e. The fourth-order valence-electron chi connectivity index (χ4n) is 2.57. The summed E-state index contributed by atoms with van der Waals surface area (Å²) in [6, 6.07) is 2.88. The van der Waals surface area contributed by atoms with E-state index in [0.29, 0.717) is 18.5 Å². The van der Waals surface area contributed by atoms with Crippen molar-refractivity contribution in [2.24, 2.45) is 11.7 Å². The Morgan fingerprint density at radius 3 is 2.33 bits per heavy atom. The third kappa shape index (κ3) is 4.83. The third-order valence-corrected chi connectivity index (χ3v) is 3.81. The molecular weight excluding hydrogens is 308 g/mol. The molecule has 1 aliphatic rings. The quantitative estimate of drug-likeness (QED) is 0.862. The van der Waals surface area contributed by atoms with Gasteiger partial charge in [0.2, 0.25) is 0 Å². The highest BCUT2D eigenvalue weighted by Crippen LogP contribution is 2.33. The molecule has 2 rings (SSSR count). The first-order chi connectivity index (χ1) is 9.40. The topological polar surface area (TPSA) is 29.3 Å². The zero-order chi connectivity index (χ0) is 14.8. The van der Waals surface area contributed by atoms with Gasteiger partial charge in [-0.3, -0.25) is 4.90 Å². The number of alkyl halides is 3. The van der Waals surface area contributed by atoms with Gasteiger partial charge in [-0.05, 0) is 56.1 Å². The molecular formula is C14H19ClF4N2. The normalized spacial score (nSPS) is 17.6. The van der Waals surface area contributed by atoms with Crippen molar-refractivity contribution in [2.75, 3.05) is 19.6 Å². The van der Waals surface area contributed by atoms with E-state index in [9.17, 15) is 17.6 Å². The summed E-state index contributed by atoms with van der Waals surface area (Å²) >= 11 is 0. The van der Waals surface area contributed by atoms with Gasteiger partial charge in [0.15, 0.2) is 0 Å². The lowest BCUT2D eigenvalue weighted by atomic mass is 9.96. The van der Waals surface area contributed by atoms with Gasteiger partial charge in [-0.2, -0.15) is 13.2 Å². The SMILES string of the molecule is Cl.NCC1CCN(Cc2ccc(F)cc2C(F)(F)F)CC1. The minimum atomic E-state index is -4.52. The van der Waals surface area contributed by atoms with Gasteiger partial charge in [0.05, 0.1) is 5.56 Å². The molecule has 7 heteroatoms. The molecule has 0 aromatic heterocycles. The van der Waals surface area contributed by atoms with Crippen LogP contribution >= 0.6 is 12.4 Å². The molecule has 1 aliphatic heterocycles. The molecule has 0 saturated carbocycles. The van der Waals surface area contributed by atoms with Crippen molar-refractivity contribution in [3.8, 4) is 0 Å². The zero-order valence-electron chi connectivity index (χ0n) is 11.5. The van der Waals surface area contributed by atoms with Crippen LogP contribution in [0.3, 0.4) is 0 Å². The maximum atomic E-state index is 13.0. The minimum Gasteiger partial charge on any atom is -0.330 e. The zero-order valence-corrected chi connectivity index (χ0v) is 12.3. The first-order valence-corrected chi connectivity index (χ1v) is 6.68. The highest BCUT2D eigenvalue weighted by molar-refractivity contribution is 5.85. The molecule has 21 heavy (non-hydrogen) atoms. The highest BCUT2D eigenvalue weighted by atomic mass is 35.5. The second-order valence-electron chi connectivity index (χ2n) is 5.25. The van der Waals surface area contributed by atoms with E-state index in [1.807, 2.05) is 4.90 Å². The lowest BCUT2D eigenvalue weighted by Gasteiger charge is -2.31. The predicted molar refractivity (Wildman–Crippen MR) is 75.7 cm³/mol. The Morgan fingerprint density at radius 1 is 1.19 bits per heavy atom. The molecule has 0 atom stereocenters. The Morgan fingerprint density at radius 2 is 1.81 bits per heavy atom. The van der Waals surface area contributed by atoms with Crippen LogP contribution in [0.25, 0.3) is 0 Å². The molecule has 2 N–H and O–H groups in total. The summed E-state index contributed by atoms with van der Waals surface area (Å²) < 4.78 is 51.7. The van der Waals surface area contributed by atoms with Crippen LogP contribution in [0.4, 0.5) is 17.6 Å². The monoisotopic (exact) mass is 326 g/mol. The number of hydrogen-bond acceptors (Lipinski definition) is 2. The van der Waals surface area contributed by atoms with Crippen LogP contribution in [-0.4, -0.2) is 24.5 Å². The number of likely N-dealkylation sites (tertiary alicyclic amines) is 1. The fourth-order valence-corrected chi connectivity index (χ4v) is 2.57. The van der Waals surface area contributed by atoms with Crippen LogP contribution < -0.4 is 5.73 Å². The molecule has 2 nitrogen and oxygen atoms in total. The number of hydrogen-bond donors (Lipinski definition) is 1. The molecule has 1 aromatic carbocycles. The lowest BCUT2D eigenvalue weighted by Crippen LogP contribution is -2.36. The second kappa shape index (κ2) is 7.42. The van der Waals surface area contributed by atoms with E-state index >= 15 is 0 Å². The second-order valence-corrected chi connectivity index (χ2v) is 5.25. The maximum Gasteiger partial charge on any atom is 0.416 e. The van der Waals surface area contributed by atoms with Crippen molar-refractivity contribution in [1.82, 2.24) is 4.90 Å². The van der Waals surface area contributed by atoms with E-state index in [4.69, 9.17) is 5.73 Å². The highest BCUT2D eigenvalue weighted by Gasteiger charge is 2.34. The van der Waals surface area contributed by atoms with Gasteiger partial charge in [0.1, 0.15) is 5.82 Å². The van der Waals surface area contributed by atoms with Crippen LogP contribution in [-0.2, 0) is 12.7 Å². The molecule has 0 amide bonds. The third-order valence-electron chi connectivity index (χ3n) is 3.81. The van der Waals surface area contributed by atoms with Crippen molar-refractivity contribution >= 4 is 12.4 Å². The number of rotatable bonds is 3. The van der Waals surface area contributed by atoms with Crippen LogP contribution in [0.5, 0.6) is 0 Å². The Balaban J connectivity index is 0.00000220. The van der Waals surface area contributed by atoms with Crippen molar-refractivity contribution < 1.29 is 17.6 Å². The average molecular weight is 327 g/mol. The number of benzene rings is 1. The summed E-state index contributed by atoms with van der Waals surface area (Å²) in [4.78, 5) is 1.97. The Kier molecular flexibility index (Phi) is 6.43. The molecule has 0 bridgehead atoms. The molecule has 0 spiro atoms. The van der Waals surface area contributed by atoms with E-state index in [1.165, 1.54) is 6.07 Å². The maximum absolute atomic E-state index is 13.0. The summed E-state index contributed by atoms with van der Waals surface area (Å²) in [5.41, 5.74) is 4.84. The first-order valence-electron chi connectivity index (χ1n) is 6.68. The molecule has 1 fully saturated rings. The van der Waals surface area contributed by atoms with E-state index in [2.05, 4.69) is 0 Å². The van der Waals surface area contributed by atoms with Crippen molar-refractivity contribution in [2.45, 2.75) is 25.6 Å². The van der Waals surface area contributed by atoms with Gasteiger partial charge in [-0.1, -0.05) is 6.07 Å². The minimum absolute atomic E-state index is 0. The Hall–Kier alpha value is -0.850. The van der Waals surface area contributed by atoms with E-state index in [1.54, 1.807) is 0 Å². The Bertz CT molecular complexity index is 457. The predicted octanol–water partition coefficient (Wildman–Crippen LogP) is 3.44. The van der Waals surface area contributed by atoms with Crippen LogP contribution in [0.15, 0.2) is 18.2 Å². The molecule has 120 valence electrons. The van der Waals surface area contributed by atoms with Gasteiger partial charge in [-0.15, -0.1) is 12.4 Å². The van der Waals surface area contributed by atoms with Gasteiger partial charge in [0, 0.05) is 6.54 Å². The van der Waals surface area contributed by atoms with E-state index in [0.717, 1.165) is 32.0 Å².